The van der Waals surface area contributed by atoms with Crippen LogP contribution in [0.1, 0.15) is 58.8 Å². The number of ether oxygens (including phenoxy) is 4. The Labute approximate surface area is 203 Å². The number of rotatable bonds is 14. The summed E-state index contributed by atoms with van der Waals surface area (Å²) in [5, 5.41) is 19.7. The number of allylic oxidation sites excluding steroid dienone is 2. The van der Waals surface area contributed by atoms with Crippen LogP contribution in [0.2, 0.25) is 0 Å². The zero-order valence-electron chi connectivity index (χ0n) is 20.0. The van der Waals surface area contributed by atoms with Crippen LogP contribution in [0, 0.1) is 0 Å². The van der Waals surface area contributed by atoms with Crippen LogP contribution in [0.3, 0.4) is 0 Å². The molecule has 2 atom stereocenters. The predicted octanol–water partition coefficient (Wildman–Crippen LogP) is 2.30. The monoisotopic (exact) mass is 492 g/mol. The topological polar surface area (TPSA) is 146 Å². The number of esters is 4. The quantitative estimate of drug-likeness (QED) is 0.210. The lowest BCUT2D eigenvalue weighted by Gasteiger charge is -2.07. The average Bonchev–Trinajstić information content (AvgIpc) is 3.22. The number of unbranched alkanes of at least 4 members (excludes halogenated alkanes) is 2. The standard InChI is InChI=1S/C25H32O10/c1-3-5-7-10-16-18(24(30)34-22(16)28)14-20(26)32-12-9-13-33-21(27)15-19-17(11-8-6-4-2)23(29)35-25(19)31/h7-8,10-11,22-23,28-29H,3-6,9,12-15H2,1-2H3/b10-7+,11-8+. The first-order valence-electron chi connectivity index (χ1n) is 11.7. The van der Waals surface area contributed by atoms with Crippen LogP contribution in [-0.4, -0.2) is 59.9 Å². The van der Waals surface area contributed by atoms with E-state index < -0.39 is 36.5 Å². The summed E-state index contributed by atoms with van der Waals surface area (Å²) >= 11 is 0. The maximum atomic E-state index is 12.1. The van der Waals surface area contributed by atoms with Crippen molar-refractivity contribution in [3.05, 3.63) is 46.6 Å². The lowest BCUT2D eigenvalue weighted by Crippen LogP contribution is -2.14. The molecule has 0 fully saturated rings. The van der Waals surface area contributed by atoms with E-state index in [9.17, 15) is 29.4 Å². The van der Waals surface area contributed by atoms with E-state index in [1.165, 1.54) is 0 Å². The number of hydrogen-bond donors (Lipinski definition) is 2. The fourth-order valence-electron chi connectivity index (χ4n) is 3.30. The second-order valence-corrected chi connectivity index (χ2v) is 7.91. The van der Waals surface area contributed by atoms with Crippen molar-refractivity contribution in [2.24, 2.45) is 0 Å². The highest BCUT2D eigenvalue weighted by atomic mass is 16.6. The average molecular weight is 493 g/mol. The molecule has 2 rings (SSSR count). The maximum absolute atomic E-state index is 12.1. The Kier molecular flexibility index (Phi) is 11.4. The molecule has 0 saturated heterocycles. The van der Waals surface area contributed by atoms with Crippen molar-refractivity contribution in [3.63, 3.8) is 0 Å². The third-order valence-electron chi connectivity index (χ3n) is 5.12. The summed E-state index contributed by atoms with van der Waals surface area (Å²) in [6.45, 7) is 3.84. The van der Waals surface area contributed by atoms with E-state index in [4.69, 9.17) is 18.9 Å². The second-order valence-electron chi connectivity index (χ2n) is 7.91. The number of carbonyl (C=O) groups is 4. The zero-order chi connectivity index (χ0) is 25.8. The Morgan fingerprint density at radius 3 is 1.57 bits per heavy atom. The molecule has 0 aromatic carbocycles. The van der Waals surface area contributed by atoms with Crippen LogP contribution >= 0.6 is 0 Å². The molecule has 0 radical (unpaired) electrons. The fraction of sp³-hybridized carbons (Fsp3) is 0.520. The summed E-state index contributed by atoms with van der Waals surface area (Å²) in [4.78, 5) is 48.0. The summed E-state index contributed by atoms with van der Waals surface area (Å²) in [6.07, 6.45) is 6.65. The molecule has 0 aliphatic carbocycles. The Balaban J connectivity index is 1.77. The van der Waals surface area contributed by atoms with E-state index in [1.54, 1.807) is 24.3 Å². The van der Waals surface area contributed by atoms with Crippen LogP contribution in [0.4, 0.5) is 0 Å². The lowest BCUT2D eigenvalue weighted by atomic mass is 10.1. The largest absolute Gasteiger partial charge is 0.465 e. The SMILES string of the molecule is CCC/C=C/C1=C(CC(=O)OCCCOC(=O)CC2=C(/C=C/CCC)C(O)OC2=O)C(=O)OC1O. The molecule has 2 aliphatic heterocycles. The van der Waals surface area contributed by atoms with E-state index >= 15 is 0 Å². The van der Waals surface area contributed by atoms with E-state index in [0.29, 0.717) is 0 Å². The van der Waals surface area contributed by atoms with Gasteiger partial charge in [0.1, 0.15) is 0 Å². The van der Waals surface area contributed by atoms with Crippen LogP contribution < -0.4 is 0 Å². The smallest absolute Gasteiger partial charge is 0.337 e. The first-order valence-corrected chi connectivity index (χ1v) is 11.7. The molecule has 2 N–H and O–H groups in total. The van der Waals surface area contributed by atoms with Crippen LogP contribution in [0.5, 0.6) is 0 Å². The fourth-order valence-corrected chi connectivity index (χ4v) is 3.30. The molecule has 192 valence electrons. The molecule has 2 unspecified atom stereocenters. The zero-order valence-corrected chi connectivity index (χ0v) is 20.0. The highest BCUT2D eigenvalue weighted by molar-refractivity contribution is 5.98. The first kappa shape index (κ1) is 28.0. The van der Waals surface area contributed by atoms with Crippen molar-refractivity contribution in [1.82, 2.24) is 0 Å². The lowest BCUT2D eigenvalue weighted by molar-refractivity contribution is -0.154. The minimum Gasteiger partial charge on any atom is -0.465 e. The van der Waals surface area contributed by atoms with Crippen LogP contribution in [0.15, 0.2) is 46.6 Å². The van der Waals surface area contributed by atoms with Gasteiger partial charge in [-0.1, -0.05) is 51.0 Å². The van der Waals surface area contributed by atoms with Gasteiger partial charge in [0.15, 0.2) is 0 Å². The highest BCUT2D eigenvalue weighted by Crippen LogP contribution is 2.26. The van der Waals surface area contributed by atoms with Gasteiger partial charge in [0.25, 0.3) is 0 Å². The molecule has 10 heteroatoms. The van der Waals surface area contributed by atoms with E-state index in [2.05, 4.69) is 0 Å². The Morgan fingerprint density at radius 2 is 1.20 bits per heavy atom. The normalized spacial score (nSPS) is 20.2. The number of carbonyl (C=O) groups excluding carboxylic acids is 4. The van der Waals surface area contributed by atoms with Crippen molar-refractivity contribution in [3.8, 4) is 0 Å². The Morgan fingerprint density at radius 1 is 0.800 bits per heavy atom. The molecule has 2 heterocycles. The van der Waals surface area contributed by atoms with Gasteiger partial charge in [-0.3, -0.25) is 9.59 Å². The predicted molar refractivity (Wildman–Crippen MR) is 122 cm³/mol. The number of aliphatic hydroxyl groups is 2. The van der Waals surface area contributed by atoms with Gasteiger partial charge in [-0.2, -0.15) is 0 Å². The molecule has 0 aromatic rings. The first-order chi connectivity index (χ1) is 16.8. The van der Waals surface area contributed by atoms with Crippen molar-refractivity contribution < 1.29 is 48.3 Å². The third kappa shape index (κ3) is 8.48. The minimum absolute atomic E-state index is 0.0454. The van der Waals surface area contributed by atoms with E-state index in [1.807, 2.05) is 13.8 Å². The second kappa shape index (κ2) is 14.2. The van der Waals surface area contributed by atoms with Crippen LogP contribution in [-0.2, 0) is 38.1 Å². The Bertz CT molecular complexity index is 851. The van der Waals surface area contributed by atoms with E-state index in [-0.39, 0.29) is 54.8 Å². The van der Waals surface area contributed by atoms with Gasteiger partial charge in [-0.05, 0) is 12.8 Å². The van der Waals surface area contributed by atoms with Crippen molar-refractivity contribution in [2.45, 2.75) is 71.4 Å². The van der Waals surface area contributed by atoms with Gasteiger partial charge in [-0.15, -0.1) is 0 Å². The molecular formula is C25H32O10. The number of cyclic esters (lactones) is 2. The third-order valence-corrected chi connectivity index (χ3v) is 5.12. The van der Waals surface area contributed by atoms with E-state index in [0.717, 1.165) is 25.7 Å². The molecule has 35 heavy (non-hydrogen) atoms. The van der Waals surface area contributed by atoms with Gasteiger partial charge >= 0.3 is 23.9 Å². The van der Waals surface area contributed by atoms with Crippen molar-refractivity contribution >= 4 is 23.9 Å². The summed E-state index contributed by atoms with van der Waals surface area (Å²) < 4.78 is 19.7. The van der Waals surface area contributed by atoms with Gasteiger partial charge in [0.05, 0.1) is 37.2 Å². The molecule has 10 nitrogen and oxygen atoms in total. The van der Waals surface area contributed by atoms with Crippen molar-refractivity contribution in [1.29, 1.82) is 0 Å². The molecule has 0 saturated carbocycles. The van der Waals surface area contributed by atoms with Gasteiger partial charge < -0.3 is 29.2 Å². The molecule has 0 spiro atoms. The van der Waals surface area contributed by atoms with Gasteiger partial charge in [-0.25, -0.2) is 9.59 Å². The van der Waals surface area contributed by atoms with Gasteiger partial charge in [0, 0.05) is 17.6 Å². The maximum Gasteiger partial charge on any atom is 0.337 e. The Hall–Kier alpha value is -3.24. The van der Waals surface area contributed by atoms with Crippen molar-refractivity contribution in [2.75, 3.05) is 13.2 Å². The summed E-state index contributed by atoms with van der Waals surface area (Å²) in [5.41, 5.74) is 0.569. The molecule has 0 aromatic heterocycles. The number of hydrogen-bond acceptors (Lipinski definition) is 10. The summed E-state index contributed by atoms with van der Waals surface area (Å²) in [7, 11) is 0. The molecule has 0 amide bonds. The number of aliphatic hydroxyl groups excluding tert-OH is 2. The summed E-state index contributed by atoms with van der Waals surface area (Å²) in [6, 6.07) is 0. The van der Waals surface area contributed by atoms with Gasteiger partial charge in [0.2, 0.25) is 12.6 Å². The summed E-state index contributed by atoms with van der Waals surface area (Å²) in [5.74, 6) is -2.91. The minimum atomic E-state index is -1.41. The molecule has 0 bridgehead atoms. The molecule has 2 aliphatic rings. The molecular weight excluding hydrogens is 460 g/mol. The van der Waals surface area contributed by atoms with Crippen LogP contribution in [0.25, 0.3) is 0 Å². The highest BCUT2D eigenvalue weighted by Gasteiger charge is 2.33.